The minimum Gasteiger partial charge on any atom is -0.166 e. The third-order valence-corrected chi connectivity index (χ3v) is 8.55. The van der Waals surface area contributed by atoms with Gasteiger partial charge in [-0.15, -0.1) is 22.7 Å². The molecule has 0 saturated carbocycles. The van der Waals surface area contributed by atoms with Crippen LogP contribution in [0.25, 0.3) is 29.6 Å². The zero-order valence-electron chi connectivity index (χ0n) is 19.5. The van der Waals surface area contributed by atoms with E-state index in [2.05, 4.69) is 73.1 Å². The highest BCUT2D eigenvalue weighted by atomic mass is 32.1. The Hall–Kier alpha value is -4.03. The van der Waals surface area contributed by atoms with Crippen molar-refractivity contribution in [3.8, 4) is 23.7 Å². The quantitative estimate of drug-likeness (QED) is 0.174. The molecule has 0 aliphatic heterocycles. The second-order valence-electron chi connectivity index (χ2n) is 8.73. The highest BCUT2D eigenvalue weighted by Gasteiger charge is 2.29. The molecule has 5 heteroatoms. The second-order valence-corrected chi connectivity index (χ2v) is 10.8. The van der Waals surface area contributed by atoms with Crippen LogP contribution in [0.4, 0.5) is 13.2 Å². The molecule has 0 nitrogen and oxygen atoms in total. The van der Waals surface area contributed by atoms with Gasteiger partial charge < -0.3 is 0 Å². The number of benzene rings is 4. The van der Waals surface area contributed by atoms with Crippen molar-refractivity contribution in [2.24, 2.45) is 0 Å². The summed E-state index contributed by atoms with van der Waals surface area (Å²) in [5.74, 6) is 12.6. The number of aryl methyl sites for hydroxylation is 1. The van der Waals surface area contributed by atoms with Crippen LogP contribution >= 0.6 is 22.7 Å². The largest absolute Gasteiger partial charge is 0.416 e. The fourth-order valence-electron chi connectivity index (χ4n) is 4.08. The average molecular weight is 523 g/mol. The molecule has 4 aromatic carbocycles. The molecule has 37 heavy (non-hydrogen) atoms. The Morgan fingerprint density at radius 1 is 0.541 bits per heavy atom. The number of halogens is 3. The first kappa shape index (κ1) is 23.4. The van der Waals surface area contributed by atoms with E-state index < -0.39 is 11.7 Å². The Kier molecular flexibility index (Phi) is 5.76. The van der Waals surface area contributed by atoms with E-state index in [4.69, 9.17) is 0 Å². The zero-order chi connectivity index (χ0) is 25.6. The van der Waals surface area contributed by atoms with Gasteiger partial charge in [-0.25, -0.2) is 0 Å². The highest BCUT2D eigenvalue weighted by molar-refractivity contribution is 7.36. The lowest BCUT2D eigenvalue weighted by Gasteiger charge is -2.05. The molecule has 6 aromatic rings. The Bertz CT molecular complexity index is 1910. The molecule has 0 unspecified atom stereocenters. The van der Waals surface area contributed by atoms with E-state index in [1.165, 1.54) is 42.6 Å². The minimum atomic E-state index is -4.34. The van der Waals surface area contributed by atoms with Crippen molar-refractivity contribution in [3.05, 3.63) is 118 Å². The van der Waals surface area contributed by atoms with Gasteiger partial charge in [-0.3, -0.25) is 0 Å². The molecule has 0 amide bonds. The fourth-order valence-corrected chi connectivity index (χ4v) is 6.81. The van der Waals surface area contributed by atoms with Gasteiger partial charge in [0.1, 0.15) is 0 Å². The summed E-state index contributed by atoms with van der Waals surface area (Å²) in [5.41, 5.74) is 3.92. The molecule has 0 fully saturated rings. The van der Waals surface area contributed by atoms with Crippen molar-refractivity contribution >= 4 is 52.2 Å². The molecule has 178 valence electrons. The van der Waals surface area contributed by atoms with Gasteiger partial charge in [0.15, 0.2) is 0 Å². The smallest absolute Gasteiger partial charge is 0.166 e. The molecular weight excluding hydrogens is 505 g/mol. The van der Waals surface area contributed by atoms with Gasteiger partial charge >= 0.3 is 6.18 Å². The summed E-state index contributed by atoms with van der Waals surface area (Å²) in [6.07, 6.45) is -4.34. The Labute approximate surface area is 220 Å². The molecule has 0 aliphatic carbocycles. The number of hydrogen-bond acceptors (Lipinski definition) is 2. The minimum absolute atomic E-state index is 0.549. The van der Waals surface area contributed by atoms with Crippen LogP contribution in [0.2, 0.25) is 0 Å². The Morgan fingerprint density at radius 2 is 0.946 bits per heavy atom. The lowest BCUT2D eigenvalue weighted by atomic mass is 10.1. The molecule has 0 aliphatic rings. The number of rotatable bonds is 0. The summed E-state index contributed by atoms with van der Waals surface area (Å²) in [4.78, 5) is 0. The Balaban J connectivity index is 1.30. The number of thiophene rings is 2. The maximum absolute atomic E-state index is 12.8. The zero-order valence-corrected chi connectivity index (χ0v) is 21.2. The van der Waals surface area contributed by atoms with Crippen LogP contribution in [0.3, 0.4) is 0 Å². The fraction of sp³-hybridized carbons (Fsp3) is 0.0625. The van der Waals surface area contributed by atoms with Gasteiger partial charge in [-0.05, 0) is 67.6 Å². The van der Waals surface area contributed by atoms with Crippen LogP contribution in [-0.4, -0.2) is 0 Å². The van der Waals surface area contributed by atoms with Gasteiger partial charge in [0.2, 0.25) is 0 Å². The summed E-state index contributed by atoms with van der Waals surface area (Å²) in [5, 5.41) is 2.41. The van der Waals surface area contributed by atoms with Gasteiger partial charge in [0, 0.05) is 42.4 Å². The van der Waals surface area contributed by atoms with E-state index in [-0.39, 0.29) is 0 Å². The molecule has 0 spiro atoms. The lowest BCUT2D eigenvalue weighted by Crippen LogP contribution is -2.04. The molecular formula is C32H17F3S2. The first-order valence-corrected chi connectivity index (χ1v) is 13.1. The van der Waals surface area contributed by atoms with Crippen LogP contribution in [0.5, 0.6) is 0 Å². The monoisotopic (exact) mass is 522 g/mol. The van der Waals surface area contributed by atoms with Crippen molar-refractivity contribution in [2.75, 3.05) is 0 Å². The predicted octanol–water partition coefficient (Wildman–Crippen LogP) is 9.40. The molecule has 0 atom stereocenters. The van der Waals surface area contributed by atoms with Crippen molar-refractivity contribution in [1.29, 1.82) is 0 Å². The number of alkyl halides is 3. The van der Waals surface area contributed by atoms with E-state index in [0.29, 0.717) is 5.56 Å². The van der Waals surface area contributed by atoms with E-state index >= 15 is 0 Å². The van der Waals surface area contributed by atoms with Crippen LogP contribution in [0, 0.1) is 30.6 Å². The standard InChI is InChI=1S/C32H17F3S2/c1-20-2-4-21(5-3-20)6-8-23-12-16-26-28(18-23)36-31-27-17-13-24(19-29(27)37-30(26)31)9-7-22-10-14-25(15-11-22)32(33,34)35/h2-5,10-19H,1H3. The second kappa shape index (κ2) is 9.12. The van der Waals surface area contributed by atoms with Gasteiger partial charge in [-0.1, -0.05) is 53.5 Å². The van der Waals surface area contributed by atoms with Crippen molar-refractivity contribution < 1.29 is 13.2 Å². The van der Waals surface area contributed by atoms with Crippen molar-refractivity contribution in [1.82, 2.24) is 0 Å². The van der Waals surface area contributed by atoms with Crippen LogP contribution in [-0.2, 0) is 6.18 Å². The van der Waals surface area contributed by atoms with Crippen molar-refractivity contribution in [3.63, 3.8) is 0 Å². The first-order chi connectivity index (χ1) is 17.8. The van der Waals surface area contributed by atoms with Gasteiger partial charge in [0.05, 0.1) is 15.0 Å². The third kappa shape index (κ3) is 4.72. The van der Waals surface area contributed by atoms with E-state index in [1.54, 1.807) is 22.7 Å². The molecule has 0 bridgehead atoms. The summed E-state index contributed by atoms with van der Waals surface area (Å²) in [6, 6.07) is 25.6. The maximum atomic E-state index is 12.8. The first-order valence-electron chi connectivity index (χ1n) is 11.5. The predicted molar refractivity (Wildman–Crippen MR) is 149 cm³/mol. The van der Waals surface area contributed by atoms with Gasteiger partial charge in [-0.2, -0.15) is 13.2 Å². The summed E-state index contributed by atoms with van der Waals surface area (Å²) in [7, 11) is 0. The molecule has 0 N–H and O–H groups in total. The molecule has 2 aromatic heterocycles. The number of fused-ring (bicyclic) bond motifs is 5. The van der Waals surface area contributed by atoms with Crippen LogP contribution < -0.4 is 0 Å². The summed E-state index contributed by atoms with van der Waals surface area (Å²) < 4.78 is 43.2. The van der Waals surface area contributed by atoms with E-state index in [9.17, 15) is 13.2 Å². The summed E-state index contributed by atoms with van der Waals surface area (Å²) >= 11 is 3.51. The van der Waals surface area contributed by atoms with E-state index in [0.717, 1.165) is 33.5 Å². The van der Waals surface area contributed by atoms with Crippen LogP contribution in [0.1, 0.15) is 33.4 Å². The van der Waals surface area contributed by atoms with Crippen LogP contribution in [0.15, 0.2) is 84.9 Å². The Morgan fingerprint density at radius 3 is 1.41 bits per heavy atom. The SMILES string of the molecule is Cc1ccc(C#Cc2ccc3c(c2)sc2c4ccc(C#Cc5ccc(C(F)(F)F)cc5)cc4sc32)cc1. The number of hydrogen-bond donors (Lipinski definition) is 0. The topological polar surface area (TPSA) is 0 Å². The highest BCUT2D eigenvalue weighted by Crippen LogP contribution is 2.44. The van der Waals surface area contributed by atoms with Gasteiger partial charge in [0.25, 0.3) is 0 Å². The molecule has 0 radical (unpaired) electrons. The maximum Gasteiger partial charge on any atom is 0.416 e. The normalized spacial score (nSPS) is 11.4. The molecule has 0 saturated heterocycles. The van der Waals surface area contributed by atoms with E-state index in [1.807, 2.05) is 18.2 Å². The molecule has 6 rings (SSSR count). The summed E-state index contributed by atoms with van der Waals surface area (Å²) in [6.45, 7) is 2.06. The molecule has 2 heterocycles. The average Bonchev–Trinajstić information content (AvgIpc) is 3.42. The third-order valence-electron chi connectivity index (χ3n) is 6.05. The van der Waals surface area contributed by atoms with Crippen molar-refractivity contribution in [2.45, 2.75) is 13.1 Å². The lowest BCUT2D eigenvalue weighted by molar-refractivity contribution is -0.137.